The molecule has 0 unspecified atom stereocenters. The molecule has 3 aromatic rings. The lowest BCUT2D eigenvalue weighted by atomic mass is 10.1. The lowest BCUT2D eigenvalue weighted by Crippen LogP contribution is -2.49. The van der Waals surface area contributed by atoms with Gasteiger partial charge in [-0.05, 0) is 25.1 Å². The first-order valence-corrected chi connectivity index (χ1v) is 8.62. The number of methoxy groups -OCH3 is 1. The van der Waals surface area contributed by atoms with E-state index in [-0.39, 0.29) is 11.7 Å². The van der Waals surface area contributed by atoms with E-state index in [1.54, 1.807) is 17.2 Å². The summed E-state index contributed by atoms with van der Waals surface area (Å²) in [5.74, 6) is 0.935. The van der Waals surface area contributed by atoms with Crippen LogP contribution < -0.4 is 9.64 Å². The standard InChI is InChI=1S/C18H19FN6O2/c1-12-21-22-17-16(20-5-6-25(12)17)23-7-9-24(10-8-23)18(26)13-3-4-15(27-2)14(19)11-13/h3-6,11H,7-10H2,1-2H3. The normalized spacial score (nSPS) is 14.6. The minimum atomic E-state index is -0.542. The van der Waals surface area contributed by atoms with Crippen molar-refractivity contribution in [1.82, 2.24) is 24.5 Å². The highest BCUT2D eigenvalue weighted by Gasteiger charge is 2.25. The minimum absolute atomic E-state index is 0.124. The predicted molar refractivity (Wildman–Crippen MR) is 96.6 cm³/mol. The molecule has 0 saturated carbocycles. The Morgan fingerprint density at radius 2 is 1.96 bits per heavy atom. The summed E-state index contributed by atoms with van der Waals surface area (Å²) in [6.45, 7) is 4.14. The number of aromatic nitrogens is 4. The molecule has 0 N–H and O–H groups in total. The van der Waals surface area contributed by atoms with Crippen molar-refractivity contribution in [2.75, 3.05) is 38.2 Å². The smallest absolute Gasteiger partial charge is 0.254 e. The van der Waals surface area contributed by atoms with Gasteiger partial charge in [-0.15, -0.1) is 10.2 Å². The fraction of sp³-hybridized carbons (Fsp3) is 0.333. The highest BCUT2D eigenvalue weighted by atomic mass is 19.1. The number of hydrogen-bond donors (Lipinski definition) is 0. The van der Waals surface area contributed by atoms with Crippen molar-refractivity contribution in [1.29, 1.82) is 0 Å². The van der Waals surface area contributed by atoms with Crippen molar-refractivity contribution in [3.63, 3.8) is 0 Å². The largest absolute Gasteiger partial charge is 0.494 e. The Balaban J connectivity index is 1.48. The summed E-state index contributed by atoms with van der Waals surface area (Å²) in [4.78, 5) is 20.9. The molecule has 0 radical (unpaired) electrons. The number of fused-ring (bicyclic) bond motifs is 1. The van der Waals surface area contributed by atoms with Gasteiger partial charge in [-0.2, -0.15) is 0 Å². The molecule has 1 aromatic carbocycles. The van der Waals surface area contributed by atoms with Gasteiger partial charge >= 0.3 is 0 Å². The van der Waals surface area contributed by atoms with Crippen LogP contribution in [-0.4, -0.2) is 63.7 Å². The van der Waals surface area contributed by atoms with E-state index in [1.807, 2.05) is 17.5 Å². The van der Waals surface area contributed by atoms with Crippen molar-refractivity contribution >= 4 is 17.4 Å². The molecule has 8 nitrogen and oxygen atoms in total. The minimum Gasteiger partial charge on any atom is -0.494 e. The average Bonchev–Trinajstić information content (AvgIpc) is 3.09. The molecule has 1 fully saturated rings. The molecule has 1 saturated heterocycles. The van der Waals surface area contributed by atoms with Crippen molar-refractivity contribution in [2.45, 2.75) is 6.92 Å². The summed E-state index contributed by atoms with van der Waals surface area (Å²) in [6.07, 6.45) is 3.54. The summed E-state index contributed by atoms with van der Waals surface area (Å²) >= 11 is 0. The number of carbonyl (C=O) groups is 1. The van der Waals surface area contributed by atoms with Crippen LogP contribution in [0.15, 0.2) is 30.6 Å². The number of halogens is 1. The third kappa shape index (κ3) is 3.05. The molecule has 0 bridgehead atoms. The summed E-state index contributed by atoms with van der Waals surface area (Å²) in [7, 11) is 1.39. The van der Waals surface area contributed by atoms with Crippen LogP contribution in [0.5, 0.6) is 5.75 Å². The number of aryl methyl sites for hydroxylation is 1. The number of hydrogen-bond acceptors (Lipinski definition) is 6. The maximum Gasteiger partial charge on any atom is 0.254 e. The van der Waals surface area contributed by atoms with Crippen LogP contribution in [0.1, 0.15) is 16.2 Å². The highest BCUT2D eigenvalue weighted by Crippen LogP contribution is 2.22. The first-order valence-electron chi connectivity index (χ1n) is 8.62. The van der Waals surface area contributed by atoms with Gasteiger partial charge in [-0.3, -0.25) is 9.20 Å². The van der Waals surface area contributed by atoms with Crippen LogP contribution in [0.4, 0.5) is 10.2 Å². The Morgan fingerprint density at radius 3 is 2.67 bits per heavy atom. The maximum atomic E-state index is 13.9. The molecule has 1 amide bonds. The number of piperazine rings is 1. The second-order valence-electron chi connectivity index (χ2n) is 6.32. The molecule has 2 aromatic heterocycles. The van der Waals surface area contributed by atoms with Gasteiger partial charge < -0.3 is 14.5 Å². The number of amides is 1. The molecule has 0 atom stereocenters. The maximum absolute atomic E-state index is 13.9. The number of rotatable bonds is 3. The van der Waals surface area contributed by atoms with E-state index in [4.69, 9.17) is 4.74 Å². The van der Waals surface area contributed by atoms with Crippen LogP contribution in [0, 0.1) is 12.7 Å². The van der Waals surface area contributed by atoms with Gasteiger partial charge in [0.15, 0.2) is 17.4 Å². The SMILES string of the molecule is COc1ccc(C(=O)N2CCN(c3nccn4c(C)nnc34)CC2)cc1F. The fourth-order valence-electron chi connectivity index (χ4n) is 3.26. The van der Waals surface area contributed by atoms with Crippen LogP contribution in [0.2, 0.25) is 0 Å². The first kappa shape index (κ1) is 17.2. The third-order valence-corrected chi connectivity index (χ3v) is 4.74. The van der Waals surface area contributed by atoms with Gasteiger partial charge in [0.25, 0.3) is 5.91 Å². The molecule has 1 aliphatic heterocycles. The lowest BCUT2D eigenvalue weighted by Gasteiger charge is -2.35. The zero-order chi connectivity index (χ0) is 19.0. The number of anilines is 1. The van der Waals surface area contributed by atoms with Crippen molar-refractivity contribution in [3.8, 4) is 5.75 Å². The Labute approximate surface area is 155 Å². The van der Waals surface area contributed by atoms with Gasteiger partial charge in [0.05, 0.1) is 7.11 Å². The Morgan fingerprint density at radius 1 is 1.19 bits per heavy atom. The zero-order valence-corrected chi connectivity index (χ0v) is 15.1. The molecule has 4 rings (SSSR count). The van der Waals surface area contributed by atoms with E-state index in [0.29, 0.717) is 37.4 Å². The summed E-state index contributed by atoms with van der Waals surface area (Å²) in [5.41, 5.74) is 1.02. The zero-order valence-electron chi connectivity index (χ0n) is 15.1. The number of ether oxygens (including phenoxy) is 1. The van der Waals surface area contributed by atoms with Crippen LogP contribution >= 0.6 is 0 Å². The monoisotopic (exact) mass is 370 g/mol. The third-order valence-electron chi connectivity index (χ3n) is 4.74. The van der Waals surface area contributed by atoms with Crippen LogP contribution in [-0.2, 0) is 0 Å². The van der Waals surface area contributed by atoms with E-state index in [2.05, 4.69) is 20.1 Å². The van der Waals surface area contributed by atoms with Crippen molar-refractivity contribution < 1.29 is 13.9 Å². The van der Waals surface area contributed by atoms with Gasteiger partial charge in [0, 0.05) is 44.1 Å². The van der Waals surface area contributed by atoms with E-state index in [9.17, 15) is 9.18 Å². The average molecular weight is 370 g/mol. The van der Waals surface area contributed by atoms with Gasteiger partial charge in [0.1, 0.15) is 5.82 Å². The molecule has 0 spiro atoms. The first-order chi connectivity index (χ1) is 13.1. The van der Waals surface area contributed by atoms with Gasteiger partial charge in [-0.25, -0.2) is 9.37 Å². The molecule has 0 aliphatic carbocycles. The predicted octanol–water partition coefficient (Wildman–Crippen LogP) is 1.54. The molecule has 27 heavy (non-hydrogen) atoms. The number of benzene rings is 1. The van der Waals surface area contributed by atoms with E-state index >= 15 is 0 Å². The summed E-state index contributed by atoms with van der Waals surface area (Å²) in [6, 6.07) is 4.27. The van der Waals surface area contributed by atoms with Crippen molar-refractivity contribution in [2.24, 2.45) is 0 Å². The Bertz CT molecular complexity index is 997. The Kier molecular flexibility index (Phi) is 4.35. The summed E-state index contributed by atoms with van der Waals surface area (Å²) in [5, 5.41) is 8.29. The van der Waals surface area contributed by atoms with Crippen molar-refractivity contribution in [3.05, 3.63) is 47.8 Å². The molecule has 3 heterocycles. The van der Waals surface area contributed by atoms with Gasteiger partial charge in [0.2, 0.25) is 5.65 Å². The van der Waals surface area contributed by atoms with E-state index in [0.717, 1.165) is 11.6 Å². The molecular formula is C18H19FN6O2. The second-order valence-corrected chi connectivity index (χ2v) is 6.32. The molecule has 140 valence electrons. The molecule has 1 aliphatic rings. The lowest BCUT2D eigenvalue weighted by molar-refractivity contribution is 0.0746. The van der Waals surface area contributed by atoms with Crippen LogP contribution in [0.3, 0.4) is 0 Å². The summed E-state index contributed by atoms with van der Waals surface area (Å²) < 4.78 is 20.7. The Hall–Kier alpha value is -3.23. The highest BCUT2D eigenvalue weighted by molar-refractivity contribution is 5.94. The number of nitrogens with zero attached hydrogens (tertiary/aromatic N) is 6. The topological polar surface area (TPSA) is 75.9 Å². The molecule has 9 heteroatoms. The fourth-order valence-corrected chi connectivity index (χ4v) is 3.26. The second kappa shape index (κ2) is 6.82. The quantitative estimate of drug-likeness (QED) is 0.696. The number of carbonyl (C=O) groups excluding carboxylic acids is 1. The van der Waals surface area contributed by atoms with E-state index in [1.165, 1.54) is 19.2 Å². The van der Waals surface area contributed by atoms with Gasteiger partial charge in [-0.1, -0.05) is 0 Å². The molecular weight excluding hydrogens is 351 g/mol. The van der Waals surface area contributed by atoms with Crippen LogP contribution in [0.25, 0.3) is 5.65 Å². The van der Waals surface area contributed by atoms with E-state index < -0.39 is 5.82 Å².